The van der Waals surface area contributed by atoms with Crippen LogP contribution in [0.15, 0.2) is 189 Å². The molecule has 5 aromatic rings. The molecule has 0 saturated heterocycles. The molecule has 0 saturated carbocycles. The van der Waals surface area contributed by atoms with Gasteiger partial charge in [-0.2, -0.15) is 10.2 Å². The van der Waals surface area contributed by atoms with E-state index >= 15 is 0 Å². The average Bonchev–Trinajstić information content (AvgIpc) is 2.50. The summed E-state index contributed by atoms with van der Waals surface area (Å²) >= 11 is 0. The van der Waals surface area contributed by atoms with Gasteiger partial charge in [0.1, 0.15) is 0 Å². The highest BCUT2D eigenvalue weighted by molar-refractivity contribution is 6.61. The third-order valence-corrected chi connectivity index (χ3v) is 20.6. The van der Waals surface area contributed by atoms with Gasteiger partial charge in [-0.25, -0.2) is 0 Å². The molecule has 3 N–H and O–H groups in total. The van der Waals surface area contributed by atoms with Gasteiger partial charge in [-0.1, -0.05) is 108 Å². The molecule has 7 rings (SSSR count). The molecule has 0 bridgehead atoms. The number of carbonyl (C=O) groups excluding carboxylic acids is 2. The fourth-order valence-electron chi connectivity index (χ4n) is 10.00. The third kappa shape index (κ3) is 18.2. The van der Waals surface area contributed by atoms with E-state index in [9.17, 15) is 24.9 Å². The van der Waals surface area contributed by atoms with Crippen LogP contribution in [0.3, 0.4) is 0 Å². The number of benzene rings is 5. The van der Waals surface area contributed by atoms with Crippen LogP contribution in [-0.4, -0.2) is 107 Å². The lowest BCUT2D eigenvalue weighted by Gasteiger charge is -2.28. The Balaban J connectivity index is 0.000000404. The van der Waals surface area contributed by atoms with Crippen molar-refractivity contribution in [3.8, 4) is 0 Å². The molecule has 14 nitrogen and oxygen atoms in total. The van der Waals surface area contributed by atoms with Crippen LogP contribution in [0.5, 0.6) is 0 Å². The van der Waals surface area contributed by atoms with E-state index in [1.165, 1.54) is 11.1 Å². The number of hydrogen-bond acceptors (Lipinski definition) is 14. The van der Waals surface area contributed by atoms with Crippen molar-refractivity contribution in [2.45, 2.75) is 92.7 Å². The maximum Gasteiger partial charge on any atom is 0.500 e. The quantitative estimate of drug-likeness (QED) is 0.0373. The van der Waals surface area contributed by atoms with E-state index in [-0.39, 0.29) is 36.8 Å². The van der Waals surface area contributed by atoms with E-state index in [4.69, 9.17) is 26.6 Å². The zero-order valence-electron chi connectivity index (χ0n) is 52.0. The Morgan fingerprint density at radius 2 is 0.871 bits per heavy atom. The lowest BCUT2D eigenvalue weighted by Crippen LogP contribution is -2.43. The molecule has 452 valence electrons. The van der Waals surface area contributed by atoms with Crippen LogP contribution in [0.25, 0.3) is 6.08 Å². The smallest absolute Gasteiger partial charge is 0.396 e. The van der Waals surface area contributed by atoms with E-state index in [2.05, 4.69) is 39.4 Å². The molecule has 0 aliphatic heterocycles. The third-order valence-electron chi connectivity index (χ3n) is 15.2. The number of rotatable bonds is 25. The van der Waals surface area contributed by atoms with Gasteiger partial charge in [-0.15, -0.1) is 0 Å². The lowest BCUT2D eigenvalue weighted by atomic mass is 9.75. The summed E-state index contributed by atoms with van der Waals surface area (Å²) in [5, 5.41) is 38.0. The van der Waals surface area contributed by atoms with Crippen molar-refractivity contribution in [1.82, 2.24) is 0 Å². The fraction of sp³-hybridized carbons (Fsp3) is 0.362. The standard InChI is InChI=1S/C53H57N3O5.C16H30O6Si2/c1-35-30-41(33-47(50(35)60)52(2,3)4)42-32-40(51(61)48(34-42)53(5,6)7)14-8-38-13-23-49(39(31-38)26-29-59)55-54-43-15-21-46(22-16-43)56(44-17-9-36(10-18-44)24-27-57)45-19-11-37(12-20-45)25-28-58;1-17-23(18-2,19-3)13-11-15-7-9-16(10-8-15)12-14-24(20-4,21-5)22-6/h8-23,30-34,57-59H,24-29H2,1-7H3;7-10H,11-14H2,1-6H3/b14-8+,42-41-,55-54?;. The molecule has 0 spiro atoms. The SMILES string of the molecule is CC1=C/C(=C2C=C(/C=C/c3ccc(N=Nc4ccc(N(c5ccc(CCO)cc5)c5ccc(CCO)cc5)cc4)c(CCO)c3)C(=O)C(C(C)(C)C)=C\2)C=C(C(C)(C)C)C1=O.CO[Si](CCc1ccc(CC[Si](OC)(OC)OC)cc1)(OC)OC. The molecule has 2 aliphatic rings. The second kappa shape index (κ2) is 31.1. The van der Waals surface area contributed by atoms with Gasteiger partial charge in [-0.05, 0) is 185 Å². The first-order valence-corrected chi connectivity index (χ1v) is 32.7. The van der Waals surface area contributed by atoms with Crippen LogP contribution in [0.4, 0.5) is 28.4 Å². The molecular weight excluding hydrogens is 1100 g/mol. The van der Waals surface area contributed by atoms with E-state index in [1.54, 1.807) is 42.7 Å². The van der Waals surface area contributed by atoms with E-state index in [0.29, 0.717) is 47.4 Å². The van der Waals surface area contributed by atoms with Crippen LogP contribution in [0, 0.1) is 10.8 Å². The molecule has 0 unspecified atom stereocenters. The lowest BCUT2D eigenvalue weighted by molar-refractivity contribution is -0.113. The first-order valence-electron chi connectivity index (χ1n) is 28.8. The Hall–Kier alpha value is -6.65. The Morgan fingerprint density at radius 3 is 1.29 bits per heavy atom. The number of Topliss-reactive ketones (excluding diaryl/α,β-unsaturated/α-hetero) is 2. The number of aliphatic hydroxyl groups is 3. The molecule has 0 radical (unpaired) electrons. The predicted octanol–water partition coefficient (Wildman–Crippen LogP) is 14.0. The number of allylic oxidation sites excluding steroid dienone is 11. The van der Waals surface area contributed by atoms with Gasteiger partial charge in [0.15, 0.2) is 11.6 Å². The summed E-state index contributed by atoms with van der Waals surface area (Å²) in [6.07, 6.45) is 14.8. The normalized spacial score (nSPS) is 15.2. The summed E-state index contributed by atoms with van der Waals surface area (Å²) < 4.78 is 32.7. The Labute approximate surface area is 506 Å². The number of hydrogen-bond donors (Lipinski definition) is 3. The van der Waals surface area contributed by atoms with Crippen molar-refractivity contribution in [2.24, 2.45) is 21.1 Å². The minimum Gasteiger partial charge on any atom is -0.396 e. The average molecular weight is 1190 g/mol. The van der Waals surface area contributed by atoms with Crippen molar-refractivity contribution in [2.75, 3.05) is 67.4 Å². The number of ketones is 2. The molecule has 0 heterocycles. The largest absolute Gasteiger partial charge is 0.500 e. The molecular formula is C69H87N3O11Si2. The number of nitrogens with zero attached hydrogens (tertiary/aromatic N) is 3. The van der Waals surface area contributed by atoms with Crippen LogP contribution in [-0.2, 0) is 68.2 Å². The van der Waals surface area contributed by atoms with Gasteiger partial charge in [-0.3, -0.25) is 9.59 Å². The van der Waals surface area contributed by atoms with Crippen molar-refractivity contribution < 1.29 is 51.5 Å². The fourth-order valence-corrected chi connectivity index (χ4v) is 13.4. The zero-order valence-corrected chi connectivity index (χ0v) is 54.0. The van der Waals surface area contributed by atoms with Crippen molar-refractivity contribution in [3.05, 3.63) is 212 Å². The van der Waals surface area contributed by atoms with Crippen LogP contribution in [0.1, 0.15) is 81.8 Å². The Bertz CT molecular complexity index is 3160. The second-order valence-corrected chi connectivity index (χ2v) is 29.2. The van der Waals surface area contributed by atoms with Crippen LogP contribution >= 0.6 is 0 Å². The van der Waals surface area contributed by atoms with E-state index in [0.717, 1.165) is 81.0 Å². The summed E-state index contributed by atoms with van der Waals surface area (Å²) in [6, 6.07) is 39.9. The number of aliphatic hydroxyl groups excluding tert-OH is 3. The molecule has 85 heavy (non-hydrogen) atoms. The molecule has 0 fully saturated rings. The minimum absolute atomic E-state index is 0.0391. The molecule has 0 atom stereocenters. The number of carbonyl (C=O) groups is 2. The number of azo groups is 1. The topological polar surface area (TPSA) is 178 Å². The van der Waals surface area contributed by atoms with Crippen molar-refractivity contribution >= 4 is 63.7 Å². The van der Waals surface area contributed by atoms with Crippen molar-refractivity contribution in [3.63, 3.8) is 0 Å². The Morgan fingerprint density at radius 1 is 0.471 bits per heavy atom. The summed E-state index contributed by atoms with van der Waals surface area (Å²) in [5.41, 5.74) is 14.1. The van der Waals surface area contributed by atoms with E-state index in [1.807, 2.05) is 176 Å². The second-order valence-electron chi connectivity index (χ2n) is 23.0. The summed E-state index contributed by atoms with van der Waals surface area (Å²) in [6.45, 7) is 14.2. The van der Waals surface area contributed by atoms with Crippen LogP contribution < -0.4 is 4.90 Å². The van der Waals surface area contributed by atoms with Gasteiger partial charge >= 0.3 is 17.6 Å². The minimum atomic E-state index is -2.51. The molecule has 16 heteroatoms. The first-order chi connectivity index (χ1) is 40.6. The molecule has 0 aromatic heterocycles. The Kier molecular flexibility index (Phi) is 24.7. The zero-order chi connectivity index (χ0) is 62.0. The summed E-state index contributed by atoms with van der Waals surface area (Å²) in [4.78, 5) is 29.1. The van der Waals surface area contributed by atoms with Crippen molar-refractivity contribution in [1.29, 1.82) is 0 Å². The maximum atomic E-state index is 13.9. The maximum absolute atomic E-state index is 13.9. The monoisotopic (exact) mass is 1190 g/mol. The highest BCUT2D eigenvalue weighted by Gasteiger charge is 2.38. The van der Waals surface area contributed by atoms with E-state index < -0.39 is 23.0 Å². The first kappa shape index (κ1) is 67.5. The van der Waals surface area contributed by atoms with Gasteiger partial charge < -0.3 is 46.8 Å². The highest BCUT2D eigenvalue weighted by atomic mass is 28.4. The van der Waals surface area contributed by atoms with Gasteiger partial charge in [0.2, 0.25) is 0 Å². The van der Waals surface area contributed by atoms with Gasteiger partial charge in [0.25, 0.3) is 0 Å². The molecule has 0 amide bonds. The highest BCUT2D eigenvalue weighted by Crippen LogP contribution is 2.40. The summed E-state index contributed by atoms with van der Waals surface area (Å²) in [5.74, 6) is 0.00808. The summed E-state index contributed by atoms with van der Waals surface area (Å²) in [7, 11) is 4.81. The molecule has 5 aromatic carbocycles. The van der Waals surface area contributed by atoms with Gasteiger partial charge in [0, 0.05) is 108 Å². The van der Waals surface area contributed by atoms with Crippen LogP contribution in [0.2, 0.25) is 12.1 Å². The predicted molar refractivity (Wildman–Crippen MR) is 344 cm³/mol. The molecule has 2 aliphatic carbocycles. The van der Waals surface area contributed by atoms with Gasteiger partial charge in [0.05, 0.1) is 11.4 Å². The number of aryl methyl sites for hydroxylation is 2. The number of anilines is 3.